The Kier molecular flexibility index (Phi) is 15.4. The fourth-order valence-electron chi connectivity index (χ4n) is 1.41. The van der Waals surface area contributed by atoms with Crippen LogP contribution in [0.1, 0.15) is 52.4 Å². The predicted octanol–water partition coefficient (Wildman–Crippen LogP) is 3.65. The third-order valence-corrected chi connectivity index (χ3v) is 6.39. The number of unbranched alkanes of at least 4 members (excludes halogenated alkanes) is 2. The van der Waals surface area contributed by atoms with Crippen LogP contribution in [0.4, 0.5) is 0 Å². The summed E-state index contributed by atoms with van der Waals surface area (Å²) < 4.78 is 51.0. The van der Waals surface area contributed by atoms with Crippen molar-refractivity contribution in [2.24, 2.45) is 0 Å². The van der Waals surface area contributed by atoms with Crippen LogP contribution in [0.2, 0.25) is 0 Å². The minimum Gasteiger partial charge on any atom is -0.396 e. The summed E-state index contributed by atoms with van der Waals surface area (Å²) in [6.45, 7) is 3.55. The molecule has 0 rings (SSSR count). The third-order valence-electron chi connectivity index (χ3n) is 2.80. The highest BCUT2D eigenvalue weighted by Gasteiger charge is 2.40. The van der Waals surface area contributed by atoms with E-state index in [-0.39, 0.29) is 52.5 Å². The summed E-state index contributed by atoms with van der Waals surface area (Å²) in [5.41, 5.74) is 0. The van der Waals surface area contributed by atoms with E-state index in [2.05, 4.69) is 0 Å². The Morgan fingerprint density at radius 3 is 1.24 bits per heavy atom. The van der Waals surface area contributed by atoms with Gasteiger partial charge >= 0.3 is 15.6 Å². The zero-order chi connectivity index (χ0) is 19.0. The molecule has 0 aromatic carbocycles. The smallest absolute Gasteiger partial charge is 0.396 e. The van der Waals surface area contributed by atoms with Gasteiger partial charge in [0.2, 0.25) is 0 Å². The van der Waals surface area contributed by atoms with Gasteiger partial charge in [-0.1, -0.05) is 26.7 Å². The molecule has 25 heavy (non-hydrogen) atoms. The van der Waals surface area contributed by atoms with Crippen molar-refractivity contribution in [1.82, 2.24) is 0 Å². The van der Waals surface area contributed by atoms with E-state index in [1.165, 1.54) is 0 Å². The number of rotatable bonds is 18. The highest BCUT2D eigenvalue weighted by molar-refractivity contribution is 7.62. The van der Waals surface area contributed by atoms with E-state index in [1.54, 1.807) is 0 Å². The van der Waals surface area contributed by atoms with E-state index in [0.717, 1.165) is 12.8 Å². The van der Waals surface area contributed by atoms with E-state index in [4.69, 9.17) is 32.6 Å². The normalized spacial score (nSPS) is 16.5. The molecule has 11 heteroatoms. The standard InChI is InChI=1S/C14H32O9P2/c1-3-5-11-19-24(17,21-13-7-9-15)23-25(18,20-12-6-4-2)22-14-8-10-16/h15-16H,3-14H2,1-2H3. The maximum Gasteiger partial charge on any atom is 0.483 e. The van der Waals surface area contributed by atoms with Crippen LogP contribution in [0.25, 0.3) is 0 Å². The summed E-state index contributed by atoms with van der Waals surface area (Å²) in [4.78, 5) is 0. The molecule has 9 nitrogen and oxygen atoms in total. The molecule has 2 N–H and O–H groups in total. The monoisotopic (exact) mass is 406 g/mol. The van der Waals surface area contributed by atoms with Crippen LogP contribution in [0.15, 0.2) is 0 Å². The molecule has 0 saturated heterocycles. The Labute approximate surface area is 150 Å². The summed E-state index contributed by atoms with van der Waals surface area (Å²) in [7, 11) is -8.37. The summed E-state index contributed by atoms with van der Waals surface area (Å²) in [6.07, 6.45) is 3.27. The molecule has 152 valence electrons. The summed E-state index contributed by atoms with van der Waals surface area (Å²) in [5, 5.41) is 17.6. The zero-order valence-electron chi connectivity index (χ0n) is 15.1. The van der Waals surface area contributed by atoms with Crippen molar-refractivity contribution in [1.29, 1.82) is 0 Å². The lowest BCUT2D eigenvalue weighted by Gasteiger charge is -2.23. The molecule has 0 spiro atoms. The molecule has 0 aliphatic rings. The number of aliphatic hydroxyl groups is 2. The summed E-state index contributed by atoms with van der Waals surface area (Å²) in [5.74, 6) is 0. The molecule has 0 aromatic heterocycles. The molecular weight excluding hydrogens is 374 g/mol. The van der Waals surface area contributed by atoms with Crippen molar-refractivity contribution < 1.29 is 41.7 Å². The third kappa shape index (κ3) is 13.1. The second-order valence-electron chi connectivity index (χ2n) is 5.17. The molecular formula is C14H32O9P2. The lowest BCUT2D eigenvalue weighted by molar-refractivity contribution is 0.101. The molecule has 0 heterocycles. The van der Waals surface area contributed by atoms with Crippen LogP contribution in [-0.4, -0.2) is 49.9 Å². The van der Waals surface area contributed by atoms with Gasteiger partial charge in [-0.25, -0.2) is 9.13 Å². The van der Waals surface area contributed by atoms with Crippen LogP contribution < -0.4 is 0 Å². The maximum absolute atomic E-state index is 12.7. The topological polar surface area (TPSA) is 121 Å². The molecule has 2 atom stereocenters. The van der Waals surface area contributed by atoms with E-state index in [9.17, 15) is 9.13 Å². The first-order chi connectivity index (χ1) is 11.9. The SMILES string of the molecule is CCCCOP(=O)(OCCCO)OP(=O)(OCCCC)OCCCO. The van der Waals surface area contributed by atoms with Gasteiger partial charge in [0.15, 0.2) is 0 Å². The molecule has 0 aliphatic carbocycles. The van der Waals surface area contributed by atoms with Crippen molar-refractivity contribution in [3.05, 3.63) is 0 Å². The molecule has 0 saturated carbocycles. The van der Waals surface area contributed by atoms with Crippen molar-refractivity contribution in [3.8, 4) is 0 Å². The van der Waals surface area contributed by atoms with Gasteiger partial charge in [-0.15, -0.1) is 0 Å². The largest absolute Gasteiger partial charge is 0.483 e. The summed E-state index contributed by atoms with van der Waals surface area (Å²) in [6, 6.07) is 0. The van der Waals surface area contributed by atoms with Crippen LogP contribution in [-0.2, 0) is 31.5 Å². The average molecular weight is 406 g/mol. The number of hydrogen-bond donors (Lipinski definition) is 2. The molecule has 0 bridgehead atoms. The Morgan fingerprint density at radius 2 is 0.960 bits per heavy atom. The number of aliphatic hydroxyl groups excluding tert-OH is 2. The van der Waals surface area contributed by atoms with Crippen molar-refractivity contribution >= 4 is 15.6 Å². The Hall–Kier alpha value is 0.180. The minimum absolute atomic E-state index is 0.0918. The van der Waals surface area contributed by atoms with Crippen LogP contribution in [0.5, 0.6) is 0 Å². The second-order valence-corrected chi connectivity index (χ2v) is 8.65. The summed E-state index contributed by atoms with van der Waals surface area (Å²) >= 11 is 0. The minimum atomic E-state index is -4.18. The number of phosphoric acid groups is 2. The van der Waals surface area contributed by atoms with Gasteiger partial charge in [-0.2, -0.15) is 4.31 Å². The van der Waals surface area contributed by atoms with Gasteiger partial charge < -0.3 is 10.2 Å². The van der Waals surface area contributed by atoms with Gasteiger partial charge in [-0.3, -0.25) is 18.1 Å². The molecule has 0 amide bonds. The molecule has 0 radical (unpaired) electrons. The van der Waals surface area contributed by atoms with Crippen molar-refractivity contribution in [3.63, 3.8) is 0 Å². The maximum atomic E-state index is 12.7. The Morgan fingerprint density at radius 1 is 0.640 bits per heavy atom. The van der Waals surface area contributed by atoms with Crippen LogP contribution >= 0.6 is 15.6 Å². The second kappa shape index (κ2) is 15.3. The van der Waals surface area contributed by atoms with Crippen molar-refractivity contribution in [2.45, 2.75) is 52.4 Å². The lowest BCUT2D eigenvalue weighted by Crippen LogP contribution is -2.07. The van der Waals surface area contributed by atoms with Gasteiger partial charge in [0, 0.05) is 13.2 Å². The van der Waals surface area contributed by atoms with E-state index in [1.807, 2.05) is 13.8 Å². The molecule has 0 aliphatic heterocycles. The fraction of sp³-hybridized carbons (Fsp3) is 1.00. The first-order valence-electron chi connectivity index (χ1n) is 8.66. The van der Waals surface area contributed by atoms with Gasteiger partial charge in [0.05, 0.1) is 26.4 Å². The molecule has 0 fully saturated rings. The van der Waals surface area contributed by atoms with Crippen LogP contribution in [0.3, 0.4) is 0 Å². The Bertz CT molecular complexity index is 342. The quantitative estimate of drug-likeness (QED) is 0.259. The highest BCUT2D eigenvalue weighted by atomic mass is 31.3. The van der Waals surface area contributed by atoms with Gasteiger partial charge in [-0.05, 0) is 25.7 Å². The first kappa shape index (κ1) is 25.2. The number of hydrogen-bond acceptors (Lipinski definition) is 9. The van der Waals surface area contributed by atoms with Gasteiger partial charge in [0.25, 0.3) is 0 Å². The van der Waals surface area contributed by atoms with Crippen LogP contribution in [0, 0.1) is 0 Å². The van der Waals surface area contributed by atoms with Gasteiger partial charge in [0.1, 0.15) is 0 Å². The molecule has 2 unspecified atom stereocenters. The fourth-order valence-corrected chi connectivity index (χ4v) is 4.71. The zero-order valence-corrected chi connectivity index (χ0v) is 16.9. The van der Waals surface area contributed by atoms with E-state index in [0.29, 0.717) is 12.8 Å². The lowest BCUT2D eigenvalue weighted by atomic mass is 10.4. The van der Waals surface area contributed by atoms with E-state index >= 15 is 0 Å². The average Bonchev–Trinajstić information content (AvgIpc) is 2.56. The predicted molar refractivity (Wildman–Crippen MR) is 93.3 cm³/mol. The highest BCUT2D eigenvalue weighted by Crippen LogP contribution is 2.66. The first-order valence-corrected chi connectivity index (χ1v) is 11.6. The Balaban J connectivity index is 4.97. The van der Waals surface area contributed by atoms with E-state index < -0.39 is 15.6 Å². The number of phosphoric ester groups is 2. The van der Waals surface area contributed by atoms with Crippen molar-refractivity contribution in [2.75, 3.05) is 39.6 Å². The molecule has 0 aromatic rings.